The Morgan fingerprint density at radius 2 is 1.83 bits per heavy atom. The summed E-state index contributed by atoms with van der Waals surface area (Å²) in [5.41, 5.74) is 0.439. The van der Waals surface area contributed by atoms with Crippen molar-refractivity contribution in [2.45, 2.75) is 51.2 Å². The number of halogens is 1. The third-order valence-corrected chi connectivity index (χ3v) is 7.75. The average molecular weight is 581 g/mol. The summed E-state index contributed by atoms with van der Waals surface area (Å²) in [6.07, 6.45) is 4.76. The predicted molar refractivity (Wildman–Crippen MR) is 140 cm³/mol. The monoisotopic (exact) mass is 580 g/mol. The van der Waals surface area contributed by atoms with Crippen LogP contribution in [0, 0.1) is 10.1 Å². The SMILES string of the molecule is CC(C(=O)NC1CCCC1)N(Cc1cccc(Br)c1)C(=O)CN(c1cccc([N+](=O)[O-])c1)S(C)(=O)=O. The molecular formula is C24H29BrN4O6S. The number of hydrogen-bond acceptors (Lipinski definition) is 6. The van der Waals surface area contributed by atoms with E-state index in [0.29, 0.717) is 0 Å². The summed E-state index contributed by atoms with van der Waals surface area (Å²) < 4.78 is 26.8. The van der Waals surface area contributed by atoms with Crippen molar-refractivity contribution in [1.82, 2.24) is 10.2 Å². The number of sulfonamides is 1. The Morgan fingerprint density at radius 3 is 2.44 bits per heavy atom. The maximum Gasteiger partial charge on any atom is 0.271 e. The lowest BCUT2D eigenvalue weighted by molar-refractivity contribution is -0.384. The molecule has 12 heteroatoms. The zero-order valence-electron chi connectivity index (χ0n) is 20.1. The average Bonchev–Trinajstić information content (AvgIpc) is 3.32. The number of nitrogens with one attached hydrogen (secondary N) is 1. The predicted octanol–water partition coefficient (Wildman–Crippen LogP) is 3.60. The van der Waals surface area contributed by atoms with Crippen LogP contribution >= 0.6 is 15.9 Å². The molecule has 2 aromatic carbocycles. The molecule has 0 aliphatic heterocycles. The molecule has 2 amide bonds. The van der Waals surface area contributed by atoms with Gasteiger partial charge in [-0.25, -0.2) is 8.42 Å². The first kappa shape index (κ1) is 27.6. The molecule has 1 aliphatic rings. The van der Waals surface area contributed by atoms with Crippen LogP contribution in [0.3, 0.4) is 0 Å². The van der Waals surface area contributed by atoms with E-state index in [4.69, 9.17) is 0 Å². The van der Waals surface area contributed by atoms with Crippen molar-refractivity contribution < 1.29 is 22.9 Å². The van der Waals surface area contributed by atoms with E-state index in [-0.39, 0.29) is 29.9 Å². The number of carbonyl (C=O) groups is 2. The molecule has 1 aliphatic carbocycles. The van der Waals surface area contributed by atoms with Gasteiger partial charge < -0.3 is 10.2 Å². The number of rotatable bonds is 10. The normalized spacial score (nSPS) is 14.8. The van der Waals surface area contributed by atoms with Gasteiger partial charge in [0, 0.05) is 29.2 Å². The summed E-state index contributed by atoms with van der Waals surface area (Å²) in [4.78, 5) is 38.5. The second-order valence-corrected chi connectivity index (χ2v) is 11.7. The fourth-order valence-corrected chi connectivity index (χ4v) is 5.47. The van der Waals surface area contributed by atoms with Crippen LogP contribution in [-0.2, 0) is 26.2 Å². The lowest BCUT2D eigenvalue weighted by Crippen LogP contribution is -2.52. The molecule has 1 unspecified atom stereocenters. The molecule has 36 heavy (non-hydrogen) atoms. The third kappa shape index (κ3) is 7.26. The third-order valence-electron chi connectivity index (χ3n) is 6.12. The van der Waals surface area contributed by atoms with Crippen LogP contribution in [0.15, 0.2) is 53.0 Å². The Bertz CT molecular complexity index is 1230. The van der Waals surface area contributed by atoms with Crippen LogP contribution in [0.25, 0.3) is 0 Å². The van der Waals surface area contributed by atoms with Gasteiger partial charge in [-0.3, -0.25) is 24.0 Å². The van der Waals surface area contributed by atoms with E-state index >= 15 is 0 Å². The Balaban J connectivity index is 1.90. The van der Waals surface area contributed by atoms with Gasteiger partial charge in [-0.2, -0.15) is 0 Å². The quantitative estimate of drug-likeness (QED) is 0.337. The first-order chi connectivity index (χ1) is 17.0. The highest BCUT2D eigenvalue weighted by Crippen LogP contribution is 2.24. The number of benzene rings is 2. The van der Waals surface area contributed by atoms with Crippen molar-refractivity contribution in [2.75, 3.05) is 17.1 Å². The first-order valence-electron chi connectivity index (χ1n) is 11.5. The smallest absolute Gasteiger partial charge is 0.271 e. The Morgan fingerprint density at radius 1 is 1.17 bits per heavy atom. The summed E-state index contributed by atoms with van der Waals surface area (Å²) in [6.45, 7) is 1.07. The van der Waals surface area contributed by atoms with Gasteiger partial charge >= 0.3 is 0 Å². The summed E-state index contributed by atoms with van der Waals surface area (Å²) in [6, 6.07) is 11.5. The molecule has 3 rings (SSSR count). The van der Waals surface area contributed by atoms with Crippen molar-refractivity contribution in [3.8, 4) is 0 Å². The second kappa shape index (κ2) is 11.8. The highest BCUT2D eigenvalue weighted by molar-refractivity contribution is 9.10. The zero-order chi connectivity index (χ0) is 26.5. The van der Waals surface area contributed by atoms with E-state index in [9.17, 15) is 28.1 Å². The summed E-state index contributed by atoms with van der Waals surface area (Å²) in [7, 11) is -3.98. The van der Waals surface area contributed by atoms with E-state index in [2.05, 4.69) is 21.2 Å². The number of nitro benzene ring substituents is 1. The molecule has 0 bridgehead atoms. The van der Waals surface area contributed by atoms with Crippen LogP contribution in [-0.4, -0.2) is 54.9 Å². The van der Waals surface area contributed by atoms with Crippen LogP contribution in [0.2, 0.25) is 0 Å². The van der Waals surface area contributed by atoms with Crippen LogP contribution in [0.5, 0.6) is 0 Å². The molecule has 0 radical (unpaired) electrons. The Labute approximate surface area is 219 Å². The molecule has 0 aromatic heterocycles. The van der Waals surface area contributed by atoms with Crippen molar-refractivity contribution in [3.63, 3.8) is 0 Å². The van der Waals surface area contributed by atoms with Crippen molar-refractivity contribution >= 4 is 49.1 Å². The topological polar surface area (TPSA) is 130 Å². The van der Waals surface area contributed by atoms with E-state index in [0.717, 1.165) is 52.3 Å². The lowest BCUT2D eigenvalue weighted by atomic mass is 10.1. The minimum atomic E-state index is -3.98. The highest BCUT2D eigenvalue weighted by atomic mass is 79.9. The fourth-order valence-electron chi connectivity index (χ4n) is 4.18. The fraction of sp³-hybridized carbons (Fsp3) is 0.417. The minimum Gasteiger partial charge on any atom is -0.352 e. The molecule has 1 N–H and O–H groups in total. The van der Waals surface area contributed by atoms with Gasteiger partial charge in [0.1, 0.15) is 12.6 Å². The van der Waals surface area contributed by atoms with Crippen molar-refractivity contribution in [2.24, 2.45) is 0 Å². The minimum absolute atomic E-state index is 0.00878. The first-order valence-corrected chi connectivity index (χ1v) is 14.2. The van der Waals surface area contributed by atoms with E-state index < -0.39 is 33.4 Å². The van der Waals surface area contributed by atoms with Gasteiger partial charge in [-0.1, -0.05) is 47.0 Å². The molecule has 0 heterocycles. The van der Waals surface area contributed by atoms with Crippen LogP contribution < -0.4 is 9.62 Å². The number of amides is 2. The zero-order valence-corrected chi connectivity index (χ0v) is 22.5. The van der Waals surface area contributed by atoms with Gasteiger partial charge in [-0.05, 0) is 43.5 Å². The maximum atomic E-state index is 13.6. The molecular weight excluding hydrogens is 552 g/mol. The summed E-state index contributed by atoms with van der Waals surface area (Å²) in [5, 5.41) is 14.2. The molecule has 10 nitrogen and oxygen atoms in total. The van der Waals surface area contributed by atoms with Gasteiger partial charge in [-0.15, -0.1) is 0 Å². The number of nitrogens with zero attached hydrogens (tertiary/aromatic N) is 3. The molecule has 1 fully saturated rings. The van der Waals surface area contributed by atoms with Crippen molar-refractivity contribution in [3.05, 3.63) is 68.7 Å². The second-order valence-electron chi connectivity index (χ2n) is 8.86. The van der Waals surface area contributed by atoms with E-state index in [1.54, 1.807) is 13.0 Å². The van der Waals surface area contributed by atoms with Crippen LogP contribution in [0.4, 0.5) is 11.4 Å². The lowest BCUT2D eigenvalue weighted by Gasteiger charge is -2.32. The van der Waals surface area contributed by atoms with Gasteiger partial charge in [0.2, 0.25) is 21.8 Å². The molecule has 194 valence electrons. The molecule has 0 saturated heterocycles. The number of hydrogen-bond donors (Lipinski definition) is 1. The number of non-ortho nitro benzene ring substituents is 1. The van der Waals surface area contributed by atoms with E-state index in [1.165, 1.54) is 23.1 Å². The summed E-state index contributed by atoms with van der Waals surface area (Å²) in [5.74, 6) is -0.924. The van der Waals surface area contributed by atoms with Crippen LogP contribution in [0.1, 0.15) is 38.2 Å². The number of carbonyl (C=O) groups excluding carboxylic acids is 2. The van der Waals surface area contributed by atoms with Gasteiger partial charge in [0.25, 0.3) is 5.69 Å². The maximum absolute atomic E-state index is 13.6. The molecule has 0 spiro atoms. The highest BCUT2D eigenvalue weighted by Gasteiger charge is 2.31. The standard InChI is InChI=1S/C24H29BrN4O6S/c1-17(24(31)26-20-9-3-4-10-20)27(15-18-7-5-8-19(25)13-18)23(30)16-28(36(2,34)35)21-11-6-12-22(14-21)29(32)33/h5-8,11-14,17,20H,3-4,9-10,15-16H2,1-2H3,(H,26,31). The van der Waals surface area contributed by atoms with Gasteiger partial charge in [0.05, 0.1) is 16.9 Å². The number of anilines is 1. The van der Waals surface area contributed by atoms with Gasteiger partial charge in [0.15, 0.2) is 0 Å². The van der Waals surface area contributed by atoms with E-state index in [1.807, 2.05) is 18.2 Å². The largest absolute Gasteiger partial charge is 0.352 e. The molecule has 1 atom stereocenters. The Hall–Kier alpha value is -2.99. The number of nitro groups is 1. The molecule has 2 aromatic rings. The Kier molecular flexibility index (Phi) is 9.07. The molecule has 1 saturated carbocycles. The summed E-state index contributed by atoms with van der Waals surface area (Å²) >= 11 is 3.40. The van der Waals surface area contributed by atoms with Crippen molar-refractivity contribution in [1.29, 1.82) is 0 Å².